The Kier molecular flexibility index (Phi) is 3.21. The van der Waals surface area contributed by atoms with Crippen molar-refractivity contribution in [2.24, 2.45) is 5.92 Å². The van der Waals surface area contributed by atoms with E-state index in [-0.39, 0.29) is 0 Å². The molecular formula is C12H18N2O. The second-order valence-corrected chi connectivity index (χ2v) is 4.17. The lowest BCUT2D eigenvalue weighted by Crippen LogP contribution is -2.21. The van der Waals surface area contributed by atoms with E-state index >= 15 is 0 Å². The van der Waals surface area contributed by atoms with Crippen LogP contribution < -0.4 is 5.32 Å². The lowest BCUT2D eigenvalue weighted by molar-refractivity contribution is 0.108. The van der Waals surface area contributed by atoms with Gasteiger partial charge in [0.15, 0.2) is 0 Å². The highest BCUT2D eigenvalue weighted by Gasteiger charge is 2.23. The molecule has 2 heterocycles. The molecule has 1 aromatic rings. The summed E-state index contributed by atoms with van der Waals surface area (Å²) in [7, 11) is 0. The van der Waals surface area contributed by atoms with Gasteiger partial charge in [0.1, 0.15) is 5.82 Å². The highest BCUT2D eigenvalue weighted by atomic mass is 16.5. The number of hydrogen-bond acceptors (Lipinski definition) is 3. The number of nitrogens with one attached hydrogen (secondary N) is 1. The number of pyridine rings is 1. The Labute approximate surface area is 90.9 Å². The van der Waals surface area contributed by atoms with Crippen molar-refractivity contribution in [3.05, 3.63) is 23.9 Å². The zero-order chi connectivity index (χ0) is 10.7. The fraction of sp³-hybridized carbons (Fsp3) is 0.583. The number of nitrogens with zero attached hydrogens (tertiary/aromatic N) is 1. The Bertz CT molecular complexity index is 327. The number of hydrogen-bond donors (Lipinski definition) is 1. The van der Waals surface area contributed by atoms with E-state index < -0.39 is 0 Å². The molecule has 0 bridgehead atoms. The average Bonchev–Trinajstić information content (AvgIpc) is 2.61. The first-order chi connectivity index (χ1) is 7.25. The molecule has 1 aliphatic rings. The first kappa shape index (κ1) is 10.4. The van der Waals surface area contributed by atoms with Crippen molar-refractivity contribution < 1.29 is 4.74 Å². The van der Waals surface area contributed by atoms with Gasteiger partial charge in [0.25, 0.3) is 0 Å². The van der Waals surface area contributed by atoms with Crippen LogP contribution >= 0.6 is 0 Å². The summed E-state index contributed by atoms with van der Waals surface area (Å²) in [6, 6.07) is 6.04. The van der Waals surface area contributed by atoms with E-state index in [1.165, 1.54) is 0 Å². The van der Waals surface area contributed by atoms with Crippen LogP contribution in [0.15, 0.2) is 18.2 Å². The highest BCUT2D eigenvalue weighted by Crippen LogP contribution is 2.20. The minimum absolute atomic E-state index is 0.377. The smallest absolute Gasteiger partial charge is 0.126 e. The third kappa shape index (κ3) is 2.69. The van der Waals surface area contributed by atoms with Gasteiger partial charge in [-0.05, 0) is 32.4 Å². The molecule has 0 aliphatic carbocycles. The zero-order valence-electron chi connectivity index (χ0n) is 9.36. The highest BCUT2D eigenvalue weighted by molar-refractivity contribution is 5.35. The largest absolute Gasteiger partial charge is 0.378 e. The summed E-state index contributed by atoms with van der Waals surface area (Å²) in [5.41, 5.74) is 1.05. The Morgan fingerprint density at radius 2 is 2.40 bits per heavy atom. The predicted octanol–water partition coefficient (Wildman–Crippen LogP) is 2.23. The van der Waals surface area contributed by atoms with Crippen molar-refractivity contribution in [2.75, 3.05) is 18.5 Å². The molecule has 0 spiro atoms. The Hall–Kier alpha value is -1.09. The summed E-state index contributed by atoms with van der Waals surface area (Å²) in [6.07, 6.45) is 1.53. The number of rotatable bonds is 3. The van der Waals surface area contributed by atoms with Crippen molar-refractivity contribution in [3.8, 4) is 0 Å². The normalized spacial score (nSPS) is 25.5. The standard InChI is InChI=1S/C12H18N2O/c1-9-4-3-5-12(14-9)13-8-11-6-7-15-10(11)2/h3-5,10-11H,6-8H2,1-2H3,(H,13,14). The van der Waals surface area contributed by atoms with E-state index in [2.05, 4.69) is 17.2 Å². The molecule has 1 aliphatic heterocycles. The van der Waals surface area contributed by atoms with Crippen LogP contribution in [0.2, 0.25) is 0 Å². The van der Waals surface area contributed by atoms with Crippen molar-refractivity contribution in [2.45, 2.75) is 26.4 Å². The molecule has 1 N–H and O–H groups in total. The average molecular weight is 206 g/mol. The molecule has 2 unspecified atom stereocenters. The van der Waals surface area contributed by atoms with Gasteiger partial charge < -0.3 is 10.1 Å². The van der Waals surface area contributed by atoms with Crippen LogP contribution in [-0.4, -0.2) is 24.2 Å². The van der Waals surface area contributed by atoms with Crippen molar-refractivity contribution in [1.82, 2.24) is 4.98 Å². The molecule has 1 saturated heterocycles. The molecule has 3 heteroatoms. The lowest BCUT2D eigenvalue weighted by Gasteiger charge is -2.15. The number of aromatic nitrogens is 1. The topological polar surface area (TPSA) is 34.1 Å². The lowest BCUT2D eigenvalue weighted by atomic mass is 10.0. The van der Waals surface area contributed by atoms with Crippen LogP contribution in [0.1, 0.15) is 19.0 Å². The fourth-order valence-electron chi connectivity index (χ4n) is 1.92. The molecule has 0 radical (unpaired) electrons. The summed E-state index contributed by atoms with van der Waals surface area (Å²) in [5, 5.41) is 3.37. The molecule has 15 heavy (non-hydrogen) atoms. The van der Waals surface area contributed by atoms with E-state index in [0.717, 1.165) is 31.1 Å². The maximum absolute atomic E-state index is 5.52. The molecule has 0 amide bonds. The SMILES string of the molecule is Cc1cccc(NCC2CCOC2C)n1. The zero-order valence-corrected chi connectivity index (χ0v) is 9.36. The minimum Gasteiger partial charge on any atom is -0.378 e. The molecule has 82 valence electrons. The maximum Gasteiger partial charge on any atom is 0.126 e. The van der Waals surface area contributed by atoms with Crippen molar-refractivity contribution in [1.29, 1.82) is 0 Å². The van der Waals surface area contributed by atoms with Crippen LogP contribution in [0.5, 0.6) is 0 Å². The van der Waals surface area contributed by atoms with Crippen molar-refractivity contribution >= 4 is 5.82 Å². The third-order valence-corrected chi connectivity index (χ3v) is 2.97. The molecule has 1 aromatic heterocycles. The summed E-state index contributed by atoms with van der Waals surface area (Å²) >= 11 is 0. The first-order valence-electron chi connectivity index (χ1n) is 5.55. The van der Waals surface area contributed by atoms with E-state index in [4.69, 9.17) is 4.74 Å². The van der Waals surface area contributed by atoms with Gasteiger partial charge in [0.05, 0.1) is 6.10 Å². The number of anilines is 1. The first-order valence-corrected chi connectivity index (χ1v) is 5.55. The van der Waals surface area contributed by atoms with Gasteiger partial charge >= 0.3 is 0 Å². The number of ether oxygens (including phenoxy) is 1. The van der Waals surface area contributed by atoms with E-state index in [9.17, 15) is 0 Å². The Balaban J connectivity index is 1.87. The van der Waals surface area contributed by atoms with Crippen LogP contribution in [-0.2, 0) is 4.74 Å². The summed E-state index contributed by atoms with van der Waals surface area (Å²) in [6.45, 7) is 6.00. The van der Waals surface area contributed by atoms with Crippen LogP contribution in [0, 0.1) is 12.8 Å². The van der Waals surface area contributed by atoms with E-state index in [1.807, 2.05) is 25.1 Å². The van der Waals surface area contributed by atoms with Gasteiger partial charge in [-0.15, -0.1) is 0 Å². The Morgan fingerprint density at radius 3 is 3.07 bits per heavy atom. The maximum atomic E-state index is 5.52. The van der Waals surface area contributed by atoms with Gasteiger partial charge in [0.2, 0.25) is 0 Å². The van der Waals surface area contributed by atoms with Crippen LogP contribution in [0.25, 0.3) is 0 Å². The van der Waals surface area contributed by atoms with Gasteiger partial charge in [-0.25, -0.2) is 4.98 Å². The second-order valence-electron chi connectivity index (χ2n) is 4.17. The monoisotopic (exact) mass is 206 g/mol. The van der Waals surface area contributed by atoms with Crippen LogP contribution in [0.4, 0.5) is 5.82 Å². The summed E-state index contributed by atoms with van der Waals surface area (Å²) < 4.78 is 5.52. The molecule has 0 saturated carbocycles. The summed E-state index contributed by atoms with van der Waals surface area (Å²) in [5.74, 6) is 1.58. The van der Waals surface area contributed by atoms with Gasteiger partial charge in [-0.3, -0.25) is 0 Å². The van der Waals surface area contributed by atoms with Gasteiger partial charge in [-0.1, -0.05) is 6.07 Å². The molecule has 1 fully saturated rings. The van der Waals surface area contributed by atoms with E-state index in [1.54, 1.807) is 0 Å². The molecule has 2 atom stereocenters. The van der Waals surface area contributed by atoms with Crippen LogP contribution in [0.3, 0.4) is 0 Å². The quantitative estimate of drug-likeness (QED) is 0.823. The predicted molar refractivity (Wildman–Crippen MR) is 61.0 cm³/mol. The third-order valence-electron chi connectivity index (χ3n) is 2.97. The molecule has 0 aromatic carbocycles. The minimum atomic E-state index is 0.377. The Morgan fingerprint density at radius 1 is 1.53 bits per heavy atom. The van der Waals surface area contributed by atoms with Gasteiger partial charge in [-0.2, -0.15) is 0 Å². The fourth-order valence-corrected chi connectivity index (χ4v) is 1.92. The molecule has 2 rings (SSSR count). The van der Waals surface area contributed by atoms with Gasteiger partial charge in [0, 0.05) is 24.8 Å². The molecule has 3 nitrogen and oxygen atoms in total. The van der Waals surface area contributed by atoms with E-state index in [0.29, 0.717) is 12.0 Å². The number of aryl methyl sites for hydroxylation is 1. The summed E-state index contributed by atoms with van der Waals surface area (Å²) in [4.78, 5) is 4.41. The second kappa shape index (κ2) is 4.62. The molecular weight excluding hydrogens is 188 g/mol. The van der Waals surface area contributed by atoms with Crippen molar-refractivity contribution in [3.63, 3.8) is 0 Å².